The molecule has 0 N–H and O–H groups in total. The number of carbonyl (C=O) groups is 1. The summed E-state index contributed by atoms with van der Waals surface area (Å²) in [4.78, 5) is 13.4. The van der Waals surface area contributed by atoms with Gasteiger partial charge in [0.05, 0.1) is 42.3 Å². The van der Waals surface area contributed by atoms with Gasteiger partial charge in [-0.1, -0.05) is 44.5 Å². The van der Waals surface area contributed by atoms with Crippen molar-refractivity contribution in [2.24, 2.45) is 21.1 Å². The van der Waals surface area contributed by atoms with Crippen molar-refractivity contribution >= 4 is 36.8 Å². The quantitative estimate of drug-likeness (QED) is 0.0516. The predicted octanol–water partition coefficient (Wildman–Crippen LogP) is 8.50. The van der Waals surface area contributed by atoms with E-state index in [0.717, 1.165) is 77.0 Å². The summed E-state index contributed by atoms with van der Waals surface area (Å²) >= 11 is 7.10. The highest BCUT2D eigenvalue weighted by Crippen LogP contribution is 2.44. The second-order valence-corrected chi connectivity index (χ2v) is 20.4. The molecule has 2 atom stereocenters. The summed E-state index contributed by atoms with van der Waals surface area (Å²) in [7, 11) is 5.18. The first-order valence-corrected chi connectivity index (χ1v) is 21.4. The zero-order valence-corrected chi connectivity index (χ0v) is 34.4. The largest absolute Gasteiger partial charge is 0.464 e. The van der Waals surface area contributed by atoms with Crippen LogP contribution in [0.1, 0.15) is 91.4 Å². The Hall–Kier alpha value is -3.26. The molecule has 1 fully saturated rings. The summed E-state index contributed by atoms with van der Waals surface area (Å²) in [5.74, 6) is -0.400. The van der Waals surface area contributed by atoms with Gasteiger partial charge < -0.3 is 27.9 Å². The fraction of sp³-hybridized carbons (Fsp3) is 0.564. The van der Waals surface area contributed by atoms with E-state index in [0.29, 0.717) is 36.0 Å². The van der Waals surface area contributed by atoms with Crippen LogP contribution >= 0.6 is 11.6 Å². The summed E-state index contributed by atoms with van der Waals surface area (Å²) in [5.41, 5.74) is 7.09. The lowest BCUT2D eigenvalue weighted by Gasteiger charge is -2.36. The van der Waals surface area contributed by atoms with E-state index >= 15 is 0 Å². The number of esters is 1. The van der Waals surface area contributed by atoms with Crippen molar-refractivity contribution in [1.29, 1.82) is 0 Å². The van der Waals surface area contributed by atoms with Crippen molar-refractivity contribution in [1.82, 2.24) is 24.1 Å². The summed E-state index contributed by atoms with van der Waals surface area (Å²) in [6.07, 6.45) is 5.46. The van der Waals surface area contributed by atoms with Crippen LogP contribution in [0.25, 0.3) is 22.0 Å². The Kier molecular flexibility index (Phi) is 12.6. The minimum absolute atomic E-state index is 0.112. The number of methoxy groups -OCH3 is 1. The minimum atomic E-state index is -1.92. The van der Waals surface area contributed by atoms with E-state index in [1.54, 1.807) is 6.08 Å². The second kappa shape index (κ2) is 16.4. The van der Waals surface area contributed by atoms with Gasteiger partial charge in [0.1, 0.15) is 17.5 Å². The zero-order chi connectivity index (χ0) is 38.0. The molecule has 4 heterocycles. The SMILES string of the molecule is C=CC(OCc1cc(COC2CCCCO2)n(C)n1)c1nn(C)c(C)c1-c1c(Cl)ccc2c(CCCO[Si](C)(C)C(C)(C)C)c(C(=O)OC)n(C)c12. The number of hydrogen-bond acceptors (Lipinski definition) is 8. The van der Waals surface area contributed by atoms with Crippen molar-refractivity contribution in [3.8, 4) is 11.1 Å². The number of carbonyl (C=O) groups excluding carboxylic acids is 1. The highest BCUT2D eigenvalue weighted by Gasteiger charge is 2.37. The molecular weight excluding hydrogens is 698 g/mol. The standard InChI is InChI=1S/C39H56ClN5O6Si/c1-12-31(49-23-26-22-27(45(8)41-26)24-50-32-17-13-14-20-48-32)35-33(25(2)44(7)42-35)34-30(40)19-18-29-28(37(38(46)47-9)43(6)36(29)34)16-15-21-51-52(10,11)39(3,4)5/h12,18-19,22,31-32H,1,13-17,20-21,23-24H2,2-11H3. The normalized spacial score (nSPS) is 16.1. The molecule has 0 aliphatic carbocycles. The lowest BCUT2D eigenvalue weighted by molar-refractivity contribution is -0.169. The van der Waals surface area contributed by atoms with Gasteiger partial charge in [-0.2, -0.15) is 10.2 Å². The molecule has 0 amide bonds. The topological polar surface area (TPSA) is 104 Å². The van der Waals surface area contributed by atoms with Gasteiger partial charge in [-0.25, -0.2) is 4.79 Å². The molecule has 13 heteroatoms. The predicted molar refractivity (Wildman–Crippen MR) is 207 cm³/mol. The number of ether oxygens (including phenoxy) is 4. The summed E-state index contributed by atoms with van der Waals surface area (Å²) < 4.78 is 35.5. The van der Waals surface area contributed by atoms with E-state index in [1.165, 1.54) is 7.11 Å². The van der Waals surface area contributed by atoms with Gasteiger partial charge in [0, 0.05) is 56.6 Å². The molecule has 0 saturated carbocycles. The third-order valence-corrected chi connectivity index (χ3v) is 15.6. The number of aromatic nitrogens is 5. The Morgan fingerprint density at radius 1 is 1.13 bits per heavy atom. The molecule has 5 rings (SSSR count). The number of halogens is 1. The molecule has 3 aromatic heterocycles. The van der Waals surface area contributed by atoms with Crippen molar-refractivity contribution in [2.75, 3.05) is 20.3 Å². The lowest BCUT2D eigenvalue weighted by atomic mass is 9.96. The monoisotopic (exact) mass is 753 g/mol. The Morgan fingerprint density at radius 3 is 2.54 bits per heavy atom. The van der Waals surface area contributed by atoms with Gasteiger partial charge in [0.15, 0.2) is 14.6 Å². The molecule has 4 aromatic rings. The Morgan fingerprint density at radius 2 is 1.88 bits per heavy atom. The second-order valence-electron chi connectivity index (χ2n) is 15.2. The maximum Gasteiger partial charge on any atom is 0.354 e. The zero-order valence-electron chi connectivity index (χ0n) is 32.6. The molecule has 0 radical (unpaired) electrons. The van der Waals surface area contributed by atoms with Crippen molar-refractivity contribution in [3.63, 3.8) is 0 Å². The van der Waals surface area contributed by atoms with E-state index < -0.39 is 20.4 Å². The number of aryl methyl sites for hydroxylation is 4. The van der Waals surface area contributed by atoms with Gasteiger partial charge >= 0.3 is 5.97 Å². The van der Waals surface area contributed by atoms with Crippen molar-refractivity contribution in [3.05, 3.63) is 69.9 Å². The van der Waals surface area contributed by atoms with Gasteiger partial charge in [-0.15, -0.1) is 6.58 Å². The van der Waals surface area contributed by atoms with Crippen molar-refractivity contribution < 1.29 is 28.2 Å². The van der Waals surface area contributed by atoms with Crippen LogP contribution in [0.4, 0.5) is 0 Å². The molecule has 1 aliphatic rings. The number of fused-ring (bicyclic) bond motifs is 1. The molecule has 11 nitrogen and oxygen atoms in total. The molecule has 0 spiro atoms. The van der Waals surface area contributed by atoms with Crippen molar-refractivity contribution in [2.45, 2.75) is 104 Å². The maximum atomic E-state index is 13.4. The number of nitrogens with zero attached hydrogens (tertiary/aromatic N) is 5. The Bertz CT molecular complexity index is 1900. The van der Waals surface area contributed by atoms with Crippen LogP contribution in [0, 0.1) is 6.92 Å². The van der Waals surface area contributed by atoms with Crippen LogP contribution in [0.5, 0.6) is 0 Å². The fourth-order valence-corrected chi connectivity index (χ4v) is 7.95. The third-order valence-electron chi connectivity index (χ3n) is 10.7. The number of rotatable bonds is 15. The van der Waals surface area contributed by atoms with Crippen LogP contribution in [-0.2, 0) is 64.2 Å². The fourth-order valence-electron chi connectivity index (χ4n) is 6.61. The van der Waals surface area contributed by atoms with Crippen LogP contribution in [-0.4, -0.2) is 65.0 Å². The Labute approximate surface area is 314 Å². The van der Waals surface area contributed by atoms with Gasteiger partial charge in [-0.05, 0) is 74.9 Å². The highest BCUT2D eigenvalue weighted by atomic mass is 35.5. The van der Waals surface area contributed by atoms with Gasteiger partial charge in [-0.3, -0.25) is 9.36 Å². The summed E-state index contributed by atoms with van der Waals surface area (Å²) in [6, 6.07) is 5.88. The molecular formula is C39H56ClN5O6Si. The van der Waals surface area contributed by atoms with E-state index in [1.807, 2.05) is 60.2 Å². The lowest BCUT2D eigenvalue weighted by Crippen LogP contribution is -2.41. The minimum Gasteiger partial charge on any atom is -0.464 e. The third kappa shape index (κ3) is 8.27. The van der Waals surface area contributed by atoms with Crippen LogP contribution in [0.3, 0.4) is 0 Å². The smallest absolute Gasteiger partial charge is 0.354 e. The molecule has 52 heavy (non-hydrogen) atoms. The molecule has 1 aliphatic heterocycles. The van der Waals surface area contributed by atoms with E-state index in [2.05, 4.69) is 45.5 Å². The molecule has 284 valence electrons. The number of benzene rings is 1. The van der Waals surface area contributed by atoms with E-state index in [4.69, 9.17) is 40.1 Å². The van der Waals surface area contributed by atoms with E-state index in [-0.39, 0.29) is 17.9 Å². The molecule has 2 unspecified atom stereocenters. The number of hydrogen-bond donors (Lipinski definition) is 0. The van der Waals surface area contributed by atoms with Gasteiger partial charge in [0.25, 0.3) is 0 Å². The molecule has 1 saturated heterocycles. The maximum absolute atomic E-state index is 13.4. The first kappa shape index (κ1) is 39.9. The van der Waals surface area contributed by atoms with Gasteiger partial charge in [0.2, 0.25) is 0 Å². The summed E-state index contributed by atoms with van der Waals surface area (Å²) in [5, 5.41) is 11.2. The average molecular weight is 754 g/mol. The van der Waals surface area contributed by atoms with E-state index in [9.17, 15) is 4.79 Å². The van der Waals surface area contributed by atoms with Crippen LogP contribution in [0.2, 0.25) is 23.2 Å². The average Bonchev–Trinajstić information content (AvgIpc) is 3.71. The molecule has 0 bridgehead atoms. The first-order chi connectivity index (χ1) is 24.6. The van der Waals surface area contributed by atoms with Crippen LogP contribution in [0.15, 0.2) is 30.9 Å². The highest BCUT2D eigenvalue weighted by molar-refractivity contribution is 6.74. The summed E-state index contributed by atoms with van der Waals surface area (Å²) in [6.45, 7) is 19.3. The molecule has 1 aromatic carbocycles. The van der Waals surface area contributed by atoms with Crippen LogP contribution < -0.4 is 0 Å². The first-order valence-electron chi connectivity index (χ1n) is 18.1. The Balaban J connectivity index is 1.46.